The van der Waals surface area contributed by atoms with Crippen LogP contribution in [-0.4, -0.2) is 12.1 Å². The predicted molar refractivity (Wildman–Crippen MR) is 60.0 cm³/mol. The molecule has 0 aliphatic heterocycles. The highest BCUT2D eigenvalue weighted by molar-refractivity contribution is 5.04. The maximum Gasteiger partial charge on any atom is 0.0660 e. The Hall–Kier alpha value is -0.480. The Morgan fingerprint density at radius 1 is 1.29 bits per heavy atom. The summed E-state index contributed by atoms with van der Waals surface area (Å²) in [5, 5.41) is 3.63. The SMILES string of the molecule is C#CC(C)NC1CCCC12CCCC2. The summed E-state index contributed by atoms with van der Waals surface area (Å²) in [5.41, 5.74) is 0.630. The van der Waals surface area contributed by atoms with Crippen molar-refractivity contribution in [2.24, 2.45) is 5.41 Å². The van der Waals surface area contributed by atoms with Gasteiger partial charge in [-0.2, -0.15) is 0 Å². The Morgan fingerprint density at radius 3 is 2.57 bits per heavy atom. The smallest absolute Gasteiger partial charge is 0.0660 e. The van der Waals surface area contributed by atoms with Crippen molar-refractivity contribution < 1.29 is 0 Å². The Morgan fingerprint density at radius 2 is 1.93 bits per heavy atom. The highest BCUT2D eigenvalue weighted by Gasteiger charge is 2.44. The van der Waals surface area contributed by atoms with Gasteiger partial charge in [0, 0.05) is 6.04 Å². The highest BCUT2D eigenvalue weighted by Crippen LogP contribution is 2.50. The molecule has 0 radical (unpaired) electrons. The van der Waals surface area contributed by atoms with Crippen molar-refractivity contribution in [3.63, 3.8) is 0 Å². The fraction of sp³-hybridized carbons (Fsp3) is 0.846. The zero-order chi connectivity index (χ0) is 10.0. The van der Waals surface area contributed by atoms with Crippen molar-refractivity contribution in [1.82, 2.24) is 5.32 Å². The van der Waals surface area contributed by atoms with Crippen LogP contribution in [-0.2, 0) is 0 Å². The summed E-state index contributed by atoms with van der Waals surface area (Å²) in [6.45, 7) is 2.10. The molecule has 14 heavy (non-hydrogen) atoms. The molecule has 0 aromatic rings. The molecule has 78 valence electrons. The lowest BCUT2D eigenvalue weighted by Gasteiger charge is -2.33. The van der Waals surface area contributed by atoms with Crippen LogP contribution in [0.25, 0.3) is 0 Å². The fourth-order valence-electron chi connectivity index (χ4n) is 3.43. The standard InChI is InChI=1S/C13H21N/c1-3-11(2)14-12-7-6-10-13(12)8-4-5-9-13/h1,11-12,14H,4-10H2,2H3. The average molecular weight is 191 g/mol. The number of rotatable bonds is 2. The Kier molecular flexibility index (Phi) is 2.83. The van der Waals surface area contributed by atoms with Crippen molar-refractivity contribution >= 4 is 0 Å². The van der Waals surface area contributed by atoms with Gasteiger partial charge in [-0.1, -0.05) is 25.2 Å². The molecule has 2 unspecified atom stereocenters. The summed E-state index contributed by atoms with van der Waals surface area (Å²) >= 11 is 0. The van der Waals surface area contributed by atoms with E-state index in [0.29, 0.717) is 11.5 Å². The van der Waals surface area contributed by atoms with Crippen LogP contribution in [0.15, 0.2) is 0 Å². The molecule has 2 aliphatic rings. The van der Waals surface area contributed by atoms with Gasteiger partial charge in [0.15, 0.2) is 0 Å². The monoisotopic (exact) mass is 191 g/mol. The molecule has 1 nitrogen and oxygen atoms in total. The van der Waals surface area contributed by atoms with Gasteiger partial charge in [0.1, 0.15) is 0 Å². The molecule has 1 heteroatoms. The van der Waals surface area contributed by atoms with Crippen LogP contribution in [0.1, 0.15) is 51.9 Å². The van der Waals surface area contributed by atoms with Crippen LogP contribution >= 0.6 is 0 Å². The normalized spacial score (nSPS) is 31.9. The molecule has 0 bridgehead atoms. The van der Waals surface area contributed by atoms with Gasteiger partial charge in [-0.15, -0.1) is 6.42 Å². The van der Waals surface area contributed by atoms with E-state index in [1.807, 2.05) is 0 Å². The Bertz CT molecular complexity index is 227. The largest absolute Gasteiger partial charge is 0.301 e. The molecule has 0 heterocycles. The summed E-state index contributed by atoms with van der Waals surface area (Å²) in [6, 6.07) is 0.951. The van der Waals surface area contributed by atoms with Gasteiger partial charge >= 0.3 is 0 Å². The molecule has 1 spiro atoms. The zero-order valence-electron chi connectivity index (χ0n) is 9.18. The van der Waals surface area contributed by atoms with Gasteiger partial charge in [0.25, 0.3) is 0 Å². The maximum absolute atomic E-state index is 5.42. The number of terminal acetylenes is 1. The van der Waals surface area contributed by atoms with Crippen LogP contribution in [0.4, 0.5) is 0 Å². The minimum atomic E-state index is 0.246. The van der Waals surface area contributed by atoms with E-state index in [-0.39, 0.29) is 6.04 Å². The van der Waals surface area contributed by atoms with E-state index in [0.717, 1.165) is 0 Å². The molecule has 2 saturated carbocycles. The summed E-state index contributed by atoms with van der Waals surface area (Å²) in [4.78, 5) is 0. The first-order valence-corrected chi connectivity index (χ1v) is 5.99. The predicted octanol–water partition coefficient (Wildman–Crippen LogP) is 2.71. The summed E-state index contributed by atoms with van der Waals surface area (Å²) in [6.07, 6.45) is 15.3. The van der Waals surface area contributed by atoms with E-state index in [1.54, 1.807) is 0 Å². The van der Waals surface area contributed by atoms with Crippen LogP contribution in [0, 0.1) is 17.8 Å². The lowest BCUT2D eigenvalue weighted by molar-refractivity contribution is 0.227. The first-order chi connectivity index (χ1) is 6.77. The molecule has 2 fully saturated rings. The van der Waals surface area contributed by atoms with E-state index in [1.165, 1.54) is 44.9 Å². The van der Waals surface area contributed by atoms with E-state index in [4.69, 9.17) is 6.42 Å². The van der Waals surface area contributed by atoms with Gasteiger partial charge < -0.3 is 5.32 Å². The molecular formula is C13H21N. The van der Waals surface area contributed by atoms with Crippen LogP contribution in [0.5, 0.6) is 0 Å². The van der Waals surface area contributed by atoms with E-state index in [2.05, 4.69) is 18.2 Å². The lowest BCUT2D eigenvalue weighted by atomic mass is 9.80. The Balaban J connectivity index is 2.00. The van der Waals surface area contributed by atoms with Gasteiger partial charge in [-0.25, -0.2) is 0 Å². The van der Waals surface area contributed by atoms with Gasteiger partial charge in [0.2, 0.25) is 0 Å². The fourth-order valence-corrected chi connectivity index (χ4v) is 3.43. The second kappa shape index (κ2) is 3.95. The lowest BCUT2D eigenvalue weighted by Crippen LogP contribution is -2.43. The summed E-state index contributed by atoms with van der Waals surface area (Å²) in [7, 11) is 0. The van der Waals surface area contributed by atoms with Crippen molar-refractivity contribution in [2.45, 2.75) is 64.0 Å². The molecule has 2 atom stereocenters. The van der Waals surface area contributed by atoms with Crippen molar-refractivity contribution in [3.05, 3.63) is 0 Å². The van der Waals surface area contributed by atoms with Crippen LogP contribution < -0.4 is 5.32 Å². The summed E-state index contributed by atoms with van der Waals surface area (Å²) < 4.78 is 0. The second-order valence-electron chi connectivity index (χ2n) is 5.07. The quantitative estimate of drug-likeness (QED) is 0.662. The zero-order valence-corrected chi connectivity index (χ0v) is 9.18. The number of hydrogen-bond acceptors (Lipinski definition) is 1. The van der Waals surface area contributed by atoms with E-state index < -0.39 is 0 Å². The first kappa shape index (κ1) is 10.1. The molecule has 2 rings (SSSR count). The second-order valence-corrected chi connectivity index (χ2v) is 5.07. The third kappa shape index (κ3) is 1.68. The van der Waals surface area contributed by atoms with Gasteiger partial charge in [-0.05, 0) is 38.0 Å². The maximum atomic E-state index is 5.42. The third-order valence-electron chi connectivity index (χ3n) is 4.21. The minimum Gasteiger partial charge on any atom is -0.301 e. The molecule has 0 amide bonds. The average Bonchev–Trinajstić information content (AvgIpc) is 2.79. The minimum absolute atomic E-state index is 0.246. The third-order valence-corrected chi connectivity index (χ3v) is 4.21. The number of nitrogens with one attached hydrogen (secondary N) is 1. The van der Waals surface area contributed by atoms with Crippen LogP contribution in [0.3, 0.4) is 0 Å². The Labute approximate surface area is 87.7 Å². The molecule has 0 aromatic heterocycles. The first-order valence-electron chi connectivity index (χ1n) is 5.99. The topological polar surface area (TPSA) is 12.0 Å². The molecular weight excluding hydrogens is 170 g/mol. The number of hydrogen-bond donors (Lipinski definition) is 1. The summed E-state index contributed by atoms with van der Waals surface area (Å²) in [5.74, 6) is 2.79. The molecule has 2 aliphatic carbocycles. The van der Waals surface area contributed by atoms with E-state index >= 15 is 0 Å². The van der Waals surface area contributed by atoms with Gasteiger partial charge in [-0.3, -0.25) is 0 Å². The van der Waals surface area contributed by atoms with E-state index in [9.17, 15) is 0 Å². The molecule has 0 aromatic carbocycles. The van der Waals surface area contributed by atoms with Crippen LogP contribution in [0.2, 0.25) is 0 Å². The van der Waals surface area contributed by atoms with Gasteiger partial charge in [0.05, 0.1) is 6.04 Å². The molecule has 0 saturated heterocycles. The van der Waals surface area contributed by atoms with Crippen molar-refractivity contribution in [1.29, 1.82) is 0 Å². The highest BCUT2D eigenvalue weighted by atomic mass is 15.0. The molecule has 1 N–H and O–H groups in total. The van der Waals surface area contributed by atoms with Crippen molar-refractivity contribution in [3.8, 4) is 12.3 Å². The van der Waals surface area contributed by atoms with Crippen molar-refractivity contribution in [2.75, 3.05) is 0 Å².